The van der Waals surface area contributed by atoms with E-state index >= 15 is 0 Å². The Balaban J connectivity index is 1.90. The molecule has 2 unspecified atom stereocenters. The summed E-state index contributed by atoms with van der Waals surface area (Å²) < 4.78 is 5.76. The third-order valence-corrected chi connectivity index (χ3v) is 4.47. The molecule has 3 N–H and O–H groups in total. The van der Waals surface area contributed by atoms with Crippen molar-refractivity contribution < 1.29 is 9.53 Å². The normalized spacial score (nSPS) is 27.2. The van der Waals surface area contributed by atoms with E-state index in [2.05, 4.69) is 17.3 Å². The second kappa shape index (κ2) is 6.20. The van der Waals surface area contributed by atoms with Gasteiger partial charge in [0.2, 0.25) is 5.91 Å². The zero-order chi connectivity index (χ0) is 13.9. The van der Waals surface area contributed by atoms with Crippen molar-refractivity contribution in [3.63, 3.8) is 0 Å². The van der Waals surface area contributed by atoms with Crippen LogP contribution in [-0.4, -0.2) is 56.2 Å². The number of carbonyl (C=O) groups excluding carboxylic acids is 1. The number of likely N-dealkylation sites (N-methyl/N-ethyl adjacent to an activating group) is 2. The van der Waals surface area contributed by atoms with Crippen molar-refractivity contribution in [1.82, 2.24) is 10.2 Å². The highest BCUT2D eigenvalue weighted by molar-refractivity contribution is 5.85. The molecule has 2 rings (SSSR count). The Kier molecular flexibility index (Phi) is 4.81. The van der Waals surface area contributed by atoms with Crippen molar-refractivity contribution in [1.29, 1.82) is 0 Å². The average Bonchev–Trinajstić information content (AvgIpc) is 3.21. The Morgan fingerprint density at radius 1 is 1.42 bits per heavy atom. The maximum absolute atomic E-state index is 11.9. The minimum atomic E-state index is -0.566. The smallest absolute Gasteiger partial charge is 0.239 e. The van der Waals surface area contributed by atoms with Crippen molar-refractivity contribution in [3.05, 3.63) is 0 Å². The molecule has 0 aromatic carbocycles. The van der Waals surface area contributed by atoms with Gasteiger partial charge in [0.1, 0.15) is 5.54 Å². The van der Waals surface area contributed by atoms with Crippen LogP contribution >= 0.6 is 0 Å². The summed E-state index contributed by atoms with van der Waals surface area (Å²) in [5.41, 5.74) is 5.08. The number of rotatable bonds is 7. The first-order chi connectivity index (χ1) is 9.08. The molecule has 1 aliphatic carbocycles. The lowest BCUT2D eigenvalue weighted by Crippen LogP contribution is -2.62. The highest BCUT2D eigenvalue weighted by Gasteiger charge is 2.49. The Morgan fingerprint density at radius 2 is 2.16 bits per heavy atom. The lowest BCUT2D eigenvalue weighted by atomic mass is 9.91. The molecule has 1 saturated heterocycles. The van der Waals surface area contributed by atoms with E-state index in [9.17, 15) is 4.79 Å². The number of ether oxygens (including phenoxy) is 1. The predicted molar refractivity (Wildman–Crippen MR) is 74.8 cm³/mol. The van der Waals surface area contributed by atoms with Gasteiger partial charge < -0.3 is 20.7 Å². The molecule has 0 aromatic rings. The van der Waals surface area contributed by atoms with Crippen LogP contribution < -0.4 is 11.1 Å². The van der Waals surface area contributed by atoms with Crippen molar-refractivity contribution in [2.45, 2.75) is 43.7 Å². The SMILES string of the molecule is CNC(CN(C)CC1CCCCO1)(C(N)=O)C1CC1. The van der Waals surface area contributed by atoms with Crippen LogP contribution in [-0.2, 0) is 9.53 Å². The van der Waals surface area contributed by atoms with E-state index in [4.69, 9.17) is 10.5 Å². The van der Waals surface area contributed by atoms with Gasteiger partial charge >= 0.3 is 0 Å². The topological polar surface area (TPSA) is 67.6 Å². The van der Waals surface area contributed by atoms with Crippen LogP contribution in [0.3, 0.4) is 0 Å². The number of carbonyl (C=O) groups is 1. The molecule has 2 fully saturated rings. The van der Waals surface area contributed by atoms with Gasteiger partial charge in [-0.2, -0.15) is 0 Å². The minimum absolute atomic E-state index is 0.228. The number of hydrogen-bond acceptors (Lipinski definition) is 4. The van der Waals surface area contributed by atoms with Gasteiger partial charge in [0, 0.05) is 19.7 Å². The molecule has 5 nitrogen and oxygen atoms in total. The first-order valence-electron chi connectivity index (χ1n) is 7.37. The van der Waals surface area contributed by atoms with E-state index in [0.717, 1.165) is 32.4 Å². The van der Waals surface area contributed by atoms with Crippen LogP contribution in [0.5, 0.6) is 0 Å². The Hall–Kier alpha value is -0.650. The summed E-state index contributed by atoms with van der Waals surface area (Å²) >= 11 is 0. The molecule has 5 heteroatoms. The first kappa shape index (κ1) is 14.8. The molecule has 0 bridgehead atoms. The second-order valence-corrected chi connectivity index (χ2v) is 6.05. The summed E-state index contributed by atoms with van der Waals surface area (Å²) in [4.78, 5) is 14.1. The molecule has 1 aliphatic heterocycles. The first-order valence-corrected chi connectivity index (χ1v) is 7.37. The van der Waals surface area contributed by atoms with Crippen LogP contribution in [0.15, 0.2) is 0 Å². The largest absolute Gasteiger partial charge is 0.377 e. The van der Waals surface area contributed by atoms with Crippen LogP contribution in [0.25, 0.3) is 0 Å². The molecule has 110 valence electrons. The summed E-state index contributed by atoms with van der Waals surface area (Å²) in [6, 6.07) is 0. The van der Waals surface area contributed by atoms with Gasteiger partial charge in [-0.1, -0.05) is 0 Å². The molecule has 0 aromatic heterocycles. The van der Waals surface area contributed by atoms with Crippen LogP contribution in [0.4, 0.5) is 0 Å². The predicted octanol–water partition coefficient (Wildman–Crippen LogP) is 0.341. The molecule has 1 amide bonds. The fourth-order valence-electron chi connectivity index (χ4n) is 3.18. The van der Waals surface area contributed by atoms with Gasteiger partial charge in [0.05, 0.1) is 6.10 Å². The van der Waals surface area contributed by atoms with E-state index in [-0.39, 0.29) is 5.91 Å². The lowest BCUT2D eigenvalue weighted by molar-refractivity contribution is -0.126. The van der Waals surface area contributed by atoms with Gasteiger partial charge in [0.25, 0.3) is 0 Å². The molecule has 19 heavy (non-hydrogen) atoms. The summed E-state index contributed by atoms with van der Waals surface area (Å²) in [6.07, 6.45) is 6.03. The van der Waals surface area contributed by atoms with Gasteiger partial charge in [0.15, 0.2) is 0 Å². The maximum Gasteiger partial charge on any atom is 0.239 e. The van der Waals surface area contributed by atoms with Crippen molar-refractivity contribution in [3.8, 4) is 0 Å². The fraction of sp³-hybridized carbons (Fsp3) is 0.929. The van der Waals surface area contributed by atoms with E-state index in [0.29, 0.717) is 18.6 Å². The number of primary amides is 1. The summed E-state index contributed by atoms with van der Waals surface area (Å²) in [7, 11) is 3.89. The van der Waals surface area contributed by atoms with Crippen LogP contribution in [0.1, 0.15) is 32.1 Å². The number of nitrogens with zero attached hydrogens (tertiary/aromatic N) is 1. The molecule has 2 atom stereocenters. The van der Waals surface area contributed by atoms with Crippen molar-refractivity contribution in [2.24, 2.45) is 11.7 Å². The Labute approximate surface area is 115 Å². The van der Waals surface area contributed by atoms with Gasteiger partial charge in [-0.05, 0) is 52.1 Å². The maximum atomic E-state index is 11.9. The van der Waals surface area contributed by atoms with Crippen molar-refractivity contribution >= 4 is 5.91 Å². The third kappa shape index (κ3) is 3.46. The zero-order valence-corrected chi connectivity index (χ0v) is 12.2. The number of hydrogen-bond donors (Lipinski definition) is 2. The summed E-state index contributed by atoms with van der Waals surface area (Å²) in [6.45, 7) is 2.42. The lowest BCUT2D eigenvalue weighted by Gasteiger charge is -2.36. The fourth-order valence-corrected chi connectivity index (χ4v) is 3.18. The molecular formula is C14H27N3O2. The summed E-state index contributed by atoms with van der Waals surface area (Å²) in [5, 5.41) is 3.19. The Bertz CT molecular complexity index is 314. The minimum Gasteiger partial charge on any atom is -0.377 e. The number of nitrogens with two attached hydrogens (primary N) is 1. The highest BCUT2D eigenvalue weighted by atomic mass is 16.5. The molecule has 1 saturated carbocycles. The monoisotopic (exact) mass is 269 g/mol. The molecule has 1 heterocycles. The third-order valence-electron chi connectivity index (χ3n) is 4.47. The summed E-state index contributed by atoms with van der Waals surface area (Å²) in [5.74, 6) is 0.165. The van der Waals surface area contributed by atoms with Gasteiger partial charge in [-0.15, -0.1) is 0 Å². The molecule has 0 radical (unpaired) electrons. The van der Waals surface area contributed by atoms with E-state index in [1.165, 1.54) is 12.8 Å². The zero-order valence-electron chi connectivity index (χ0n) is 12.2. The molecule has 2 aliphatic rings. The van der Waals surface area contributed by atoms with Crippen LogP contribution in [0, 0.1) is 5.92 Å². The quantitative estimate of drug-likeness (QED) is 0.699. The highest BCUT2D eigenvalue weighted by Crippen LogP contribution is 2.40. The van der Waals surface area contributed by atoms with Gasteiger partial charge in [-0.25, -0.2) is 0 Å². The molecule has 0 spiro atoms. The standard InChI is InChI=1S/C14H27N3O2/c1-16-14(13(15)18,11-6-7-11)10-17(2)9-12-5-3-4-8-19-12/h11-12,16H,3-10H2,1-2H3,(H2,15,18). The van der Waals surface area contributed by atoms with Crippen molar-refractivity contribution in [2.75, 3.05) is 33.8 Å². The number of amides is 1. The van der Waals surface area contributed by atoms with Crippen LogP contribution in [0.2, 0.25) is 0 Å². The number of nitrogens with one attached hydrogen (secondary N) is 1. The average molecular weight is 269 g/mol. The van der Waals surface area contributed by atoms with Gasteiger partial charge in [-0.3, -0.25) is 4.79 Å². The molecular weight excluding hydrogens is 242 g/mol. The second-order valence-electron chi connectivity index (χ2n) is 6.05. The van der Waals surface area contributed by atoms with E-state index in [1.807, 2.05) is 7.05 Å². The van der Waals surface area contributed by atoms with E-state index in [1.54, 1.807) is 0 Å². The van der Waals surface area contributed by atoms with E-state index < -0.39 is 5.54 Å². The Morgan fingerprint density at radius 3 is 2.63 bits per heavy atom.